The smallest absolute Gasteiger partial charge is 0.208 e. The van der Waals surface area contributed by atoms with E-state index >= 15 is 0 Å². The third-order valence-corrected chi connectivity index (χ3v) is 3.52. The van der Waals surface area contributed by atoms with E-state index in [1.165, 1.54) is 12.8 Å². The molecule has 0 aliphatic heterocycles. The zero-order chi connectivity index (χ0) is 11.3. The van der Waals surface area contributed by atoms with Gasteiger partial charge in [-0.2, -0.15) is 5.26 Å². The molecule has 0 atom stereocenters. The maximum Gasteiger partial charge on any atom is 0.208 e. The molecular weight excluding hydrogens is 266 g/mol. The van der Waals surface area contributed by atoms with E-state index in [1.54, 1.807) is 0 Å². The highest BCUT2D eigenvalue weighted by atomic mass is 79.9. The van der Waals surface area contributed by atoms with Crippen molar-refractivity contribution < 1.29 is 4.42 Å². The first kappa shape index (κ1) is 9.92. The molecule has 2 aromatic rings. The number of nitrogens with zero attached hydrogens (tertiary/aromatic N) is 1. The Balaban J connectivity index is 2.40. The van der Waals surface area contributed by atoms with Crippen LogP contribution in [0.4, 0.5) is 0 Å². The van der Waals surface area contributed by atoms with Gasteiger partial charge in [0.15, 0.2) is 0 Å². The number of rotatable bonds is 1. The Morgan fingerprint density at radius 3 is 2.81 bits per heavy atom. The summed E-state index contributed by atoms with van der Waals surface area (Å²) in [6, 6.07) is 6.24. The summed E-state index contributed by atoms with van der Waals surface area (Å²) in [7, 11) is 0. The molecule has 1 saturated carbocycles. The van der Waals surface area contributed by atoms with Crippen LogP contribution in [0.25, 0.3) is 11.0 Å². The molecule has 1 aliphatic carbocycles. The fourth-order valence-corrected chi connectivity index (χ4v) is 2.78. The highest BCUT2D eigenvalue weighted by Gasteiger charge is 2.31. The number of hydrogen-bond donors (Lipinski definition) is 0. The maximum atomic E-state index is 9.10. The molecule has 16 heavy (non-hydrogen) atoms. The third-order valence-electron chi connectivity index (χ3n) is 3.07. The van der Waals surface area contributed by atoms with Gasteiger partial charge in [0.2, 0.25) is 5.76 Å². The van der Waals surface area contributed by atoms with Crippen LogP contribution >= 0.6 is 15.9 Å². The van der Waals surface area contributed by atoms with Gasteiger partial charge < -0.3 is 4.42 Å². The van der Waals surface area contributed by atoms with Gasteiger partial charge in [-0.25, -0.2) is 0 Å². The molecule has 1 aliphatic rings. The van der Waals surface area contributed by atoms with Crippen LogP contribution in [-0.2, 0) is 0 Å². The molecule has 1 aromatic heterocycles. The van der Waals surface area contributed by atoms with E-state index in [9.17, 15) is 0 Å². The van der Waals surface area contributed by atoms with E-state index in [0.717, 1.165) is 26.6 Å². The summed E-state index contributed by atoms with van der Waals surface area (Å²) < 4.78 is 6.70. The van der Waals surface area contributed by atoms with Crippen molar-refractivity contribution in [1.82, 2.24) is 0 Å². The molecule has 0 saturated heterocycles. The maximum absolute atomic E-state index is 9.10. The normalized spacial score (nSPS) is 15.3. The number of furan rings is 1. The predicted octanol–water partition coefficient (Wildman–Crippen LogP) is 4.25. The first-order valence-corrected chi connectivity index (χ1v) is 6.12. The Labute approximate surface area is 102 Å². The monoisotopic (exact) mass is 275 g/mol. The van der Waals surface area contributed by atoms with Crippen LogP contribution in [0.2, 0.25) is 0 Å². The quantitative estimate of drug-likeness (QED) is 0.780. The number of nitriles is 1. The number of aryl methyl sites for hydroxylation is 1. The molecule has 1 fully saturated rings. The van der Waals surface area contributed by atoms with Crippen LogP contribution in [0.15, 0.2) is 21.0 Å². The third kappa shape index (κ3) is 1.37. The van der Waals surface area contributed by atoms with E-state index in [-0.39, 0.29) is 0 Å². The molecule has 0 amide bonds. The summed E-state index contributed by atoms with van der Waals surface area (Å²) in [5.74, 6) is 1.03. The number of halogens is 1. The largest absolute Gasteiger partial charge is 0.445 e. The Kier molecular flexibility index (Phi) is 2.08. The van der Waals surface area contributed by atoms with Gasteiger partial charge in [0.25, 0.3) is 0 Å². The molecule has 3 heteroatoms. The van der Waals surface area contributed by atoms with Crippen molar-refractivity contribution in [2.75, 3.05) is 0 Å². The van der Waals surface area contributed by atoms with E-state index in [2.05, 4.69) is 28.1 Å². The zero-order valence-electron chi connectivity index (χ0n) is 8.88. The lowest BCUT2D eigenvalue weighted by atomic mass is 10.0. The average Bonchev–Trinajstić information content (AvgIpc) is 3.00. The van der Waals surface area contributed by atoms with Crippen molar-refractivity contribution in [1.29, 1.82) is 5.26 Å². The highest BCUT2D eigenvalue weighted by Crippen LogP contribution is 2.46. The van der Waals surface area contributed by atoms with Gasteiger partial charge in [0.1, 0.15) is 11.7 Å². The van der Waals surface area contributed by atoms with Crippen molar-refractivity contribution in [2.45, 2.75) is 25.7 Å². The Bertz CT molecular complexity index is 617. The van der Waals surface area contributed by atoms with Crippen molar-refractivity contribution >= 4 is 26.9 Å². The molecule has 0 N–H and O–H groups in total. The van der Waals surface area contributed by atoms with Crippen molar-refractivity contribution in [3.63, 3.8) is 0 Å². The average molecular weight is 276 g/mol. The van der Waals surface area contributed by atoms with Crippen LogP contribution in [0.5, 0.6) is 0 Å². The van der Waals surface area contributed by atoms with Crippen LogP contribution < -0.4 is 0 Å². The summed E-state index contributed by atoms with van der Waals surface area (Å²) in [6.45, 7) is 2.01. The fourth-order valence-electron chi connectivity index (χ4n) is 2.21. The number of hydrogen-bond acceptors (Lipinski definition) is 2. The van der Waals surface area contributed by atoms with Gasteiger partial charge in [0.05, 0.1) is 0 Å². The zero-order valence-corrected chi connectivity index (χ0v) is 10.5. The van der Waals surface area contributed by atoms with Crippen LogP contribution in [0.3, 0.4) is 0 Å². The van der Waals surface area contributed by atoms with Gasteiger partial charge in [-0.05, 0) is 43.4 Å². The van der Waals surface area contributed by atoms with Gasteiger partial charge in [-0.15, -0.1) is 0 Å². The second kappa shape index (κ2) is 3.36. The van der Waals surface area contributed by atoms with Crippen molar-refractivity contribution in [2.24, 2.45) is 0 Å². The van der Waals surface area contributed by atoms with Crippen LogP contribution in [-0.4, -0.2) is 0 Å². The first-order chi connectivity index (χ1) is 7.70. The van der Waals surface area contributed by atoms with E-state index < -0.39 is 0 Å². The standard InChI is InChI=1S/C13H10BrNO/c1-7-4-9(14)5-10-12(8-2-3-8)11(6-15)16-13(7)10/h4-5,8H,2-3H2,1H3. The lowest BCUT2D eigenvalue weighted by Crippen LogP contribution is -1.81. The SMILES string of the molecule is Cc1cc(Br)cc2c(C3CC3)c(C#N)oc12. The summed E-state index contributed by atoms with van der Waals surface area (Å²) in [4.78, 5) is 0. The van der Waals surface area contributed by atoms with Gasteiger partial charge in [0, 0.05) is 15.4 Å². The van der Waals surface area contributed by atoms with Gasteiger partial charge in [-0.1, -0.05) is 15.9 Å². The van der Waals surface area contributed by atoms with Gasteiger partial charge in [-0.3, -0.25) is 0 Å². The van der Waals surface area contributed by atoms with E-state index in [1.807, 2.05) is 13.0 Å². The predicted molar refractivity (Wildman–Crippen MR) is 65.3 cm³/mol. The van der Waals surface area contributed by atoms with Crippen LogP contribution in [0.1, 0.15) is 35.6 Å². The minimum atomic E-state index is 0.499. The summed E-state index contributed by atoms with van der Waals surface area (Å²) in [5, 5.41) is 10.2. The molecule has 3 rings (SSSR count). The Hall–Kier alpha value is -1.27. The Morgan fingerprint density at radius 1 is 1.44 bits per heavy atom. The topological polar surface area (TPSA) is 36.9 Å². The van der Waals surface area contributed by atoms with Crippen LogP contribution in [0, 0.1) is 18.3 Å². The molecule has 0 unspecified atom stereocenters. The minimum Gasteiger partial charge on any atom is -0.445 e. The second-order valence-corrected chi connectivity index (χ2v) is 5.25. The molecule has 0 radical (unpaired) electrons. The Morgan fingerprint density at radius 2 is 2.19 bits per heavy atom. The molecular formula is C13H10BrNO. The molecule has 1 aromatic carbocycles. The second-order valence-electron chi connectivity index (χ2n) is 4.33. The lowest BCUT2D eigenvalue weighted by molar-refractivity contribution is 0.591. The molecule has 0 bridgehead atoms. The lowest BCUT2D eigenvalue weighted by Gasteiger charge is -1.98. The summed E-state index contributed by atoms with van der Waals surface area (Å²) in [5.41, 5.74) is 3.05. The summed E-state index contributed by atoms with van der Waals surface area (Å²) in [6.07, 6.45) is 2.35. The number of fused-ring (bicyclic) bond motifs is 1. The number of benzene rings is 1. The van der Waals surface area contributed by atoms with E-state index in [0.29, 0.717) is 11.7 Å². The molecule has 0 spiro atoms. The van der Waals surface area contributed by atoms with E-state index in [4.69, 9.17) is 9.68 Å². The van der Waals surface area contributed by atoms with Gasteiger partial charge >= 0.3 is 0 Å². The van der Waals surface area contributed by atoms with Crippen molar-refractivity contribution in [3.8, 4) is 6.07 Å². The van der Waals surface area contributed by atoms with Crippen molar-refractivity contribution in [3.05, 3.63) is 33.5 Å². The highest BCUT2D eigenvalue weighted by molar-refractivity contribution is 9.10. The molecule has 1 heterocycles. The molecule has 80 valence electrons. The first-order valence-electron chi connectivity index (χ1n) is 5.33. The minimum absolute atomic E-state index is 0.499. The molecule has 2 nitrogen and oxygen atoms in total. The fraction of sp³-hybridized carbons (Fsp3) is 0.308. The summed E-state index contributed by atoms with van der Waals surface area (Å²) >= 11 is 3.49.